The molecule has 0 radical (unpaired) electrons. The maximum Gasteiger partial charge on any atom is 0.160 e. The predicted octanol–water partition coefficient (Wildman–Crippen LogP) is 2.49. The molecular formula is C18H26N4O. The fourth-order valence-corrected chi connectivity index (χ4v) is 3.97. The summed E-state index contributed by atoms with van der Waals surface area (Å²) in [6.45, 7) is 7.63. The van der Waals surface area contributed by atoms with Crippen LogP contribution in [0.25, 0.3) is 11.2 Å². The Morgan fingerprint density at radius 2 is 2.30 bits per heavy atom. The molecule has 124 valence electrons. The summed E-state index contributed by atoms with van der Waals surface area (Å²) in [5, 5.41) is 0. The van der Waals surface area contributed by atoms with Gasteiger partial charge in [-0.15, -0.1) is 0 Å². The lowest BCUT2D eigenvalue weighted by atomic mass is 10.0. The molecule has 23 heavy (non-hydrogen) atoms. The first kappa shape index (κ1) is 15.1. The summed E-state index contributed by atoms with van der Waals surface area (Å²) in [4.78, 5) is 12.0. The maximum atomic E-state index is 5.85. The zero-order valence-corrected chi connectivity index (χ0v) is 13.9. The molecule has 0 amide bonds. The average Bonchev–Trinajstić information content (AvgIpc) is 3.30. The number of imidazole rings is 1. The van der Waals surface area contributed by atoms with Gasteiger partial charge in [0.05, 0.1) is 12.6 Å². The van der Waals surface area contributed by atoms with E-state index >= 15 is 0 Å². The lowest BCUT2D eigenvalue weighted by Gasteiger charge is -2.16. The minimum atomic E-state index is 0.323. The van der Waals surface area contributed by atoms with Gasteiger partial charge >= 0.3 is 0 Å². The van der Waals surface area contributed by atoms with Gasteiger partial charge in [0.25, 0.3) is 0 Å². The van der Waals surface area contributed by atoms with Gasteiger partial charge in [-0.3, -0.25) is 0 Å². The Hall–Kier alpha value is -1.46. The SMILES string of the molecule is CCN1CCC(Cc2nc3cccnc3n2CC2CCCO2)C1. The van der Waals surface area contributed by atoms with Crippen LogP contribution in [0, 0.1) is 5.92 Å². The standard InChI is InChI=1S/C18H26N4O/c1-2-21-9-7-14(12-21)11-17-20-16-6-3-8-19-18(16)22(17)13-15-5-4-10-23-15/h3,6,8,14-15H,2,4-5,7,9-13H2,1H3. The summed E-state index contributed by atoms with van der Waals surface area (Å²) in [5.41, 5.74) is 2.04. The normalized spacial score (nSPS) is 25.6. The molecule has 2 atom stereocenters. The van der Waals surface area contributed by atoms with E-state index in [2.05, 4.69) is 27.4 Å². The third-order valence-corrected chi connectivity index (χ3v) is 5.28. The van der Waals surface area contributed by atoms with E-state index in [1.807, 2.05) is 12.3 Å². The van der Waals surface area contributed by atoms with Crippen molar-refractivity contribution >= 4 is 11.2 Å². The number of ether oxygens (including phenoxy) is 1. The number of aromatic nitrogens is 3. The number of rotatable bonds is 5. The quantitative estimate of drug-likeness (QED) is 0.850. The number of fused-ring (bicyclic) bond motifs is 1. The van der Waals surface area contributed by atoms with E-state index in [1.54, 1.807) is 0 Å². The van der Waals surface area contributed by atoms with E-state index in [4.69, 9.17) is 9.72 Å². The van der Waals surface area contributed by atoms with Gasteiger partial charge in [0.15, 0.2) is 5.65 Å². The van der Waals surface area contributed by atoms with Crippen molar-refractivity contribution in [3.63, 3.8) is 0 Å². The molecular weight excluding hydrogens is 288 g/mol. The van der Waals surface area contributed by atoms with E-state index in [-0.39, 0.29) is 0 Å². The van der Waals surface area contributed by atoms with E-state index < -0.39 is 0 Å². The fraction of sp³-hybridized carbons (Fsp3) is 0.667. The first-order valence-electron chi connectivity index (χ1n) is 8.97. The number of likely N-dealkylation sites (tertiary alicyclic amines) is 1. The molecule has 2 saturated heterocycles. The Morgan fingerprint density at radius 1 is 1.35 bits per heavy atom. The summed E-state index contributed by atoms with van der Waals surface area (Å²) in [5.74, 6) is 1.91. The van der Waals surface area contributed by atoms with Crippen molar-refractivity contribution in [1.82, 2.24) is 19.4 Å². The number of hydrogen-bond donors (Lipinski definition) is 0. The molecule has 2 aromatic rings. The summed E-state index contributed by atoms with van der Waals surface area (Å²) >= 11 is 0. The van der Waals surface area contributed by atoms with Crippen LogP contribution in [-0.4, -0.2) is 51.8 Å². The van der Waals surface area contributed by atoms with Crippen LogP contribution in [0.15, 0.2) is 18.3 Å². The zero-order chi connectivity index (χ0) is 15.6. The van der Waals surface area contributed by atoms with Crippen molar-refractivity contribution in [3.8, 4) is 0 Å². The molecule has 0 bridgehead atoms. The Bertz CT molecular complexity index is 662. The van der Waals surface area contributed by atoms with Crippen LogP contribution < -0.4 is 0 Å². The third kappa shape index (κ3) is 3.12. The van der Waals surface area contributed by atoms with Gasteiger partial charge in [0, 0.05) is 25.8 Å². The Labute approximate surface area is 137 Å². The highest BCUT2D eigenvalue weighted by Crippen LogP contribution is 2.24. The number of nitrogens with zero attached hydrogens (tertiary/aromatic N) is 4. The molecule has 0 aliphatic carbocycles. The highest BCUT2D eigenvalue weighted by Gasteiger charge is 2.25. The van der Waals surface area contributed by atoms with Crippen LogP contribution in [0.5, 0.6) is 0 Å². The molecule has 2 aromatic heterocycles. The van der Waals surface area contributed by atoms with Crippen molar-refractivity contribution in [2.24, 2.45) is 5.92 Å². The Kier molecular flexibility index (Phi) is 4.31. The fourth-order valence-electron chi connectivity index (χ4n) is 3.97. The van der Waals surface area contributed by atoms with Gasteiger partial charge in [-0.1, -0.05) is 6.92 Å². The van der Waals surface area contributed by atoms with Crippen LogP contribution in [-0.2, 0) is 17.7 Å². The summed E-state index contributed by atoms with van der Waals surface area (Å²) in [6, 6.07) is 4.05. The van der Waals surface area contributed by atoms with E-state index in [1.165, 1.54) is 31.8 Å². The molecule has 2 aliphatic heterocycles. The predicted molar refractivity (Wildman–Crippen MR) is 90.4 cm³/mol. The highest BCUT2D eigenvalue weighted by atomic mass is 16.5. The van der Waals surface area contributed by atoms with E-state index in [0.717, 1.165) is 49.6 Å². The Balaban J connectivity index is 1.59. The summed E-state index contributed by atoms with van der Waals surface area (Å²) in [7, 11) is 0. The van der Waals surface area contributed by atoms with Crippen molar-refractivity contribution in [3.05, 3.63) is 24.2 Å². The monoisotopic (exact) mass is 314 g/mol. The van der Waals surface area contributed by atoms with Crippen molar-refractivity contribution in [1.29, 1.82) is 0 Å². The number of pyridine rings is 1. The summed E-state index contributed by atoms with van der Waals surface area (Å²) < 4.78 is 8.17. The van der Waals surface area contributed by atoms with E-state index in [9.17, 15) is 0 Å². The lowest BCUT2D eigenvalue weighted by molar-refractivity contribution is 0.0969. The van der Waals surface area contributed by atoms with E-state index in [0.29, 0.717) is 6.10 Å². The number of hydrogen-bond acceptors (Lipinski definition) is 4. The minimum Gasteiger partial charge on any atom is -0.376 e. The van der Waals surface area contributed by atoms with Crippen molar-refractivity contribution in [2.75, 3.05) is 26.2 Å². The topological polar surface area (TPSA) is 43.2 Å². The molecule has 2 unspecified atom stereocenters. The average molecular weight is 314 g/mol. The van der Waals surface area contributed by atoms with Crippen LogP contribution in [0.4, 0.5) is 0 Å². The molecule has 2 aliphatic rings. The molecule has 2 fully saturated rings. The van der Waals surface area contributed by atoms with Crippen LogP contribution in [0.2, 0.25) is 0 Å². The van der Waals surface area contributed by atoms with Gasteiger partial charge in [-0.25, -0.2) is 9.97 Å². The second kappa shape index (κ2) is 6.57. The minimum absolute atomic E-state index is 0.323. The lowest BCUT2D eigenvalue weighted by Crippen LogP contribution is -2.22. The van der Waals surface area contributed by atoms with Gasteiger partial charge in [0.1, 0.15) is 11.3 Å². The molecule has 0 aromatic carbocycles. The van der Waals surface area contributed by atoms with Crippen molar-refractivity contribution in [2.45, 2.75) is 45.3 Å². The molecule has 0 spiro atoms. The van der Waals surface area contributed by atoms with Gasteiger partial charge < -0.3 is 14.2 Å². The Morgan fingerprint density at radius 3 is 3.09 bits per heavy atom. The summed E-state index contributed by atoms with van der Waals surface area (Å²) in [6.07, 6.45) is 6.86. The molecule has 5 nitrogen and oxygen atoms in total. The van der Waals surface area contributed by atoms with Crippen LogP contribution in [0.1, 0.15) is 32.0 Å². The van der Waals surface area contributed by atoms with Gasteiger partial charge in [-0.2, -0.15) is 0 Å². The van der Waals surface area contributed by atoms with Gasteiger partial charge in [-0.05, 0) is 50.4 Å². The van der Waals surface area contributed by atoms with Crippen LogP contribution >= 0.6 is 0 Å². The van der Waals surface area contributed by atoms with Gasteiger partial charge in [0.2, 0.25) is 0 Å². The first-order valence-corrected chi connectivity index (χ1v) is 8.97. The first-order chi connectivity index (χ1) is 11.3. The molecule has 5 heteroatoms. The molecule has 4 rings (SSSR count). The third-order valence-electron chi connectivity index (χ3n) is 5.28. The van der Waals surface area contributed by atoms with Crippen molar-refractivity contribution < 1.29 is 4.74 Å². The maximum absolute atomic E-state index is 5.85. The molecule has 4 heterocycles. The second-order valence-electron chi connectivity index (χ2n) is 6.87. The zero-order valence-electron chi connectivity index (χ0n) is 13.9. The highest BCUT2D eigenvalue weighted by molar-refractivity contribution is 5.71. The second-order valence-corrected chi connectivity index (χ2v) is 6.87. The molecule has 0 saturated carbocycles. The smallest absolute Gasteiger partial charge is 0.160 e. The largest absolute Gasteiger partial charge is 0.376 e. The molecule has 0 N–H and O–H groups in total. The van der Waals surface area contributed by atoms with Crippen LogP contribution in [0.3, 0.4) is 0 Å².